The van der Waals surface area contributed by atoms with Gasteiger partial charge in [0.05, 0.1) is 12.2 Å². The third kappa shape index (κ3) is 5.44. The van der Waals surface area contributed by atoms with Crippen molar-refractivity contribution in [1.29, 1.82) is 0 Å². The van der Waals surface area contributed by atoms with Crippen molar-refractivity contribution < 1.29 is 14.3 Å². The number of para-hydroxylation sites is 1. The van der Waals surface area contributed by atoms with E-state index in [1.807, 2.05) is 41.3 Å². The van der Waals surface area contributed by atoms with Crippen LogP contribution in [0.5, 0.6) is 5.75 Å². The lowest BCUT2D eigenvalue weighted by Crippen LogP contribution is -2.57. The molecule has 1 aliphatic rings. The molecule has 1 N–H and O–H groups in total. The standard InChI is InChI=1S/C27H38N2O3/c1-4-6-7-8-11-21-32-23-17-15-22(16-18-23)27(5-2)28-25-14-10-9-13-24(25)26(30)29(27)19-12-20-31-3/h9-10,13-18,28H,4-8,11-12,19-21H2,1-3H3. The monoisotopic (exact) mass is 438 g/mol. The Morgan fingerprint density at radius 3 is 2.38 bits per heavy atom. The zero-order chi connectivity index (χ0) is 22.8. The molecule has 0 fully saturated rings. The number of benzene rings is 2. The highest BCUT2D eigenvalue weighted by molar-refractivity contribution is 6.02. The predicted octanol–water partition coefficient (Wildman–Crippen LogP) is 6.20. The Morgan fingerprint density at radius 2 is 1.66 bits per heavy atom. The van der Waals surface area contributed by atoms with Gasteiger partial charge in [0.2, 0.25) is 0 Å². The smallest absolute Gasteiger partial charge is 0.258 e. The van der Waals surface area contributed by atoms with Crippen LogP contribution in [0.3, 0.4) is 0 Å². The number of amides is 1. The van der Waals surface area contributed by atoms with E-state index in [-0.39, 0.29) is 5.91 Å². The summed E-state index contributed by atoms with van der Waals surface area (Å²) in [6.45, 7) is 6.34. The summed E-state index contributed by atoms with van der Waals surface area (Å²) in [5, 5.41) is 3.70. The van der Waals surface area contributed by atoms with Gasteiger partial charge in [0.25, 0.3) is 5.91 Å². The highest BCUT2D eigenvalue weighted by Gasteiger charge is 2.44. The number of ether oxygens (including phenoxy) is 2. The summed E-state index contributed by atoms with van der Waals surface area (Å²) in [6, 6.07) is 16.0. The molecule has 0 aliphatic carbocycles. The fourth-order valence-electron chi connectivity index (χ4n) is 4.48. The molecule has 0 radical (unpaired) electrons. The van der Waals surface area contributed by atoms with Crippen LogP contribution in [0.1, 0.15) is 74.7 Å². The fourth-order valence-corrected chi connectivity index (χ4v) is 4.48. The maximum absolute atomic E-state index is 13.5. The molecular weight excluding hydrogens is 400 g/mol. The third-order valence-corrected chi connectivity index (χ3v) is 6.30. The van der Waals surface area contributed by atoms with Gasteiger partial charge in [0, 0.05) is 25.9 Å². The van der Waals surface area contributed by atoms with Crippen LogP contribution in [-0.4, -0.2) is 37.7 Å². The third-order valence-electron chi connectivity index (χ3n) is 6.30. The van der Waals surface area contributed by atoms with Gasteiger partial charge in [-0.15, -0.1) is 0 Å². The van der Waals surface area contributed by atoms with Crippen molar-refractivity contribution in [2.45, 2.75) is 64.5 Å². The predicted molar refractivity (Wildman–Crippen MR) is 130 cm³/mol. The molecule has 1 unspecified atom stereocenters. The molecule has 2 aromatic carbocycles. The minimum atomic E-state index is -0.599. The van der Waals surface area contributed by atoms with Crippen LogP contribution in [0.2, 0.25) is 0 Å². The van der Waals surface area contributed by atoms with Gasteiger partial charge < -0.3 is 19.7 Å². The Kier molecular flexibility index (Phi) is 8.98. The first-order valence-electron chi connectivity index (χ1n) is 12.1. The average molecular weight is 439 g/mol. The Labute approximate surface area is 193 Å². The topological polar surface area (TPSA) is 50.8 Å². The first-order valence-corrected chi connectivity index (χ1v) is 12.1. The summed E-state index contributed by atoms with van der Waals surface area (Å²) in [4.78, 5) is 15.5. The molecule has 0 saturated heterocycles. The number of carbonyl (C=O) groups is 1. The average Bonchev–Trinajstić information content (AvgIpc) is 2.83. The normalized spacial score (nSPS) is 17.7. The lowest BCUT2D eigenvalue weighted by atomic mass is 9.89. The number of nitrogens with one attached hydrogen (secondary N) is 1. The zero-order valence-corrected chi connectivity index (χ0v) is 19.9. The van der Waals surface area contributed by atoms with Gasteiger partial charge in [-0.25, -0.2) is 0 Å². The van der Waals surface area contributed by atoms with Gasteiger partial charge in [0.1, 0.15) is 11.4 Å². The maximum atomic E-state index is 13.5. The van der Waals surface area contributed by atoms with Crippen LogP contribution in [0.15, 0.2) is 48.5 Å². The van der Waals surface area contributed by atoms with E-state index in [0.717, 1.165) is 48.4 Å². The molecule has 5 nitrogen and oxygen atoms in total. The molecule has 3 rings (SSSR count). The number of hydrogen-bond acceptors (Lipinski definition) is 4. The summed E-state index contributed by atoms with van der Waals surface area (Å²) in [6.07, 6.45) is 7.66. The van der Waals surface area contributed by atoms with Crippen LogP contribution in [0, 0.1) is 0 Å². The summed E-state index contributed by atoms with van der Waals surface area (Å²) in [5.74, 6) is 0.939. The number of nitrogens with zero attached hydrogens (tertiary/aromatic N) is 1. The van der Waals surface area contributed by atoms with Crippen LogP contribution < -0.4 is 10.1 Å². The first kappa shape index (κ1) is 24.1. The molecule has 1 heterocycles. The van der Waals surface area contributed by atoms with E-state index in [4.69, 9.17) is 9.47 Å². The van der Waals surface area contributed by atoms with E-state index in [0.29, 0.717) is 13.2 Å². The zero-order valence-electron chi connectivity index (χ0n) is 19.9. The van der Waals surface area contributed by atoms with Gasteiger partial charge in [-0.1, -0.05) is 63.8 Å². The van der Waals surface area contributed by atoms with Crippen LogP contribution in [-0.2, 0) is 10.4 Å². The minimum Gasteiger partial charge on any atom is -0.494 e. The molecule has 0 bridgehead atoms. The SMILES string of the molecule is CCCCCCCOc1ccc(C2(CC)Nc3ccccc3C(=O)N2CCCOC)cc1. The second kappa shape index (κ2) is 11.9. The van der Waals surface area contributed by atoms with Crippen molar-refractivity contribution in [2.24, 2.45) is 0 Å². The molecule has 5 heteroatoms. The largest absolute Gasteiger partial charge is 0.494 e. The van der Waals surface area contributed by atoms with E-state index >= 15 is 0 Å². The van der Waals surface area contributed by atoms with Crippen LogP contribution >= 0.6 is 0 Å². The molecular formula is C27H38N2O3. The Balaban J connectivity index is 1.79. The number of hydrogen-bond donors (Lipinski definition) is 1. The van der Waals surface area contributed by atoms with Gasteiger partial charge in [0.15, 0.2) is 0 Å². The van der Waals surface area contributed by atoms with Crippen molar-refractivity contribution >= 4 is 11.6 Å². The molecule has 1 amide bonds. The van der Waals surface area contributed by atoms with Crippen LogP contribution in [0.4, 0.5) is 5.69 Å². The fraction of sp³-hybridized carbons (Fsp3) is 0.519. The molecule has 1 aliphatic heterocycles. The number of fused-ring (bicyclic) bond motifs is 1. The summed E-state index contributed by atoms with van der Waals surface area (Å²) >= 11 is 0. The van der Waals surface area contributed by atoms with Gasteiger partial charge in [-0.3, -0.25) is 4.79 Å². The van der Waals surface area contributed by atoms with Gasteiger partial charge >= 0.3 is 0 Å². The van der Waals surface area contributed by atoms with Crippen molar-refractivity contribution in [3.05, 3.63) is 59.7 Å². The van der Waals surface area contributed by atoms with Crippen LogP contribution in [0.25, 0.3) is 0 Å². The van der Waals surface area contributed by atoms with Crippen molar-refractivity contribution in [2.75, 3.05) is 32.2 Å². The highest BCUT2D eigenvalue weighted by Crippen LogP contribution is 2.40. The van der Waals surface area contributed by atoms with Crippen molar-refractivity contribution in [1.82, 2.24) is 4.90 Å². The van der Waals surface area contributed by atoms with E-state index in [1.54, 1.807) is 7.11 Å². The highest BCUT2D eigenvalue weighted by atomic mass is 16.5. The number of unbranched alkanes of at least 4 members (excludes halogenated alkanes) is 4. The van der Waals surface area contributed by atoms with Crippen molar-refractivity contribution in [3.63, 3.8) is 0 Å². The Bertz CT molecular complexity index is 852. The van der Waals surface area contributed by atoms with E-state index in [2.05, 4.69) is 31.3 Å². The number of methoxy groups -OCH3 is 1. The van der Waals surface area contributed by atoms with Crippen molar-refractivity contribution in [3.8, 4) is 5.75 Å². The molecule has 1 atom stereocenters. The molecule has 0 spiro atoms. The molecule has 0 saturated carbocycles. The Morgan fingerprint density at radius 1 is 0.906 bits per heavy atom. The van der Waals surface area contributed by atoms with Gasteiger partial charge in [-0.2, -0.15) is 0 Å². The lowest BCUT2D eigenvalue weighted by Gasteiger charge is -2.48. The summed E-state index contributed by atoms with van der Waals surface area (Å²) in [7, 11) is 1.70. The molecule has 32 heavy (non-hydrogen) atoms. The summed E-state index contributed by atoms with van der Waals surface area (Å²) in [5.41, 5.74) is 2.07. The second-order valence-corrected chi connectivity index (χ2v) is 8.47. The second-order valence-electron chi connectivity index (χ2n) is 8.47. The lowest BCUT2D eigenvalue weighted by molar-refractivity contribution is 0.0451. The number of carbonyl (C=O) groups excluding carboxylic acids is 1. The molecule has 2 aromatic rings. The summed E-state index contributed by atoms with van der Waals surface area (Å²) < 4.78 is 11.2. The van der Waals surface area contributed by atoms with E-state index in [1.165, 1.54) is 25.7 Å². The van der Waals surface area contributed by atoms with Gasteiger partial charge in [-0.05, 0) is 49.1 Å². The first-order chi connectivity index (χ1) is 15.7. The minimum absolute atomic E-state index is 0.0599. The maximum Gasteiger partial charge on any atom is 0.258 e. The number of anilines is 1. The van der Waals surface area contributed by atoms with E-state index < -0.39 is 5.66 Å². The number of rotatable bonds is 13. The quantitative estimate of drug-likeness (QED) is 0.378. The van der Waals surface area contributed by atoms with E-state index in [9.17, 15) is 4.79 Å². The molecule has 0 aromatic heterocycles. The Hall–Kier alpha value is -2.53. The molecule has 174 valence electrons.